The van der Waals surface area contributed by atoms with Crippen LogP contribution >= 0.6 is 15.9 Å². The van der Waals surface area contributed by atoms with Crippen LogP contribution in [0, 0.1) is 0 Å². The van der Waals surface area contributed by atoms with E-state index in [2.05, 4.69) is 26.2 Å². The molecule has 1 rings (SSSR count). The van der Waals surface area contributed by atoms with Crippen LogP contribution in [-0.4, -0.2) is 23.5 Å². The fourth-order valence-corrected chi connectivity index (χ4v) is 1.41. The lowest BCUT2D eigenvalue weighted by Gasteiger charge is -2.12. The number of pyridine rings is 1. The van der Waals surface area contributed by atoms with Crippen LogP contribution in [0.3, 0.4) is 0 Å². The van der Waals surface area contributed by atoms with E-state index < -0.39 is 0 Å². The van der Waals surface area contributed by atoms with Crippen LogP contribution in [0.1, 0.15) is 20.3 Å². The maximum absolute atomic E-state index is 11.4. The first-order chi connectivity index (χ1) is 7.63. The summed E-state index contributed by atoms with van der Waals surface area (Å²) in [6, 6.07) is 3.69. The number of nitrogens with zero attached hydrogens (tertiary/aromatic N) is 1. The number of carbonyl (C=O) groups excluding carboxylic acids is 1. The van der Waals surface area contributed by atoms with Gasteiger partial charge in [-0.1, -0.05) is 6.92 Å². The Morgan fingerprint density at radius 3 is 3.06 bits per heavy atom. The molecule has 1 atom stereocenters. The standard InChI is InChI=1S/C11H15BrN2O2/c1-3-8(2)14-10(15)7-16-9-5-4-6-13-11(9)12/h4-6,8H,3,7H2,1-2H3,(H,14,15)/t8-/m1/s1. The first-order valence-electron chi connectivity index (χ1n) is 5.16. The fourth-order valence-electron chi connectivity index (χ4n) is 1.04. The summed E-state index contributed by atoms with van der Waals surface area (Å²) >= 11 is 3.24. The van der Waals surface area contributed by atoms with Crippen molar-refractivity contribution in [1.82, 2.24) is 10.3 Å². The first-order valence-corrected chi connectivity index (χ1v) is 5.95. The van der Waals surface area contributed by atoms with Crippen LogP contribution in [0.5, 0.6) is 5.75 Å². The number of ether oxygens (including phenoxy) is 1. The third kappa shape index (κ3) is 4.18. The predicted octanol–water partition coefficient (Wildman–Crippen LogP) is 2.14. The van der Waals surface area contributed by atoms with Gasteiger partial charge in [0.1, 0.15) is 4.60 Å². The molecular weight excluding hydrogens is 272 g/mol. The molecule has 1 N–H and O–H groups in total. The molecule has 0 radical (unpaired) electrons. The van der Waals surface area contributed by atoms with E-state index in [1.165, 1.54) is 0 Å². The highest BCUT2D eigenvalue weighted by Crippen LogP contribution is 2.20. The molecule has 0 aliphatic carbocycles. The van der Waals surface area contributed by atoms with Gasteiger partial charge in [0.2, 0.25) is 0 Å². The smallest absolute Gasteiger partial charge is 0.258 e. The Hall–Kier alpha value is -1.10. The van der Waals surface area contributed by atoms with Crippen molar-refractivity contribution >= 4 is 21.8 Å². The van der Waals surface area contributed by atoms with Gasteiger partial charge < -0.3 is 10.1 Å². The van der Waals surface area contributed by atoms with E-state index in [9.17, 15) is 4.79 Å². The van der Waals surface area contributed by atoms with Crippen LogP contribution < -0.4 is 10.1 Å². The Bertz CT molecular complexity index is 358. The van der Waals surface area contributed by atoms with Crippen LogP contribution in [-0.2, 0) is 4.79 Å². The number of halogens is 1. The summed E-state index contributed by atoms with van der Waals surface area (Å²) in [4.78, 5) is 15.4. The van der Waals surface area contributed by atoms with Gasteiger partial charge in [-0.25, -0.2) is 4.98 Å². The molecule has 0 bridgehead atoms. The number of amides is 1. The second kappa shape index (κ2) is 6.48. The van der Waals surface area contributed by atoms with E-state index >= 15 is 0 Å². The molecule has 0 aromatic carbocycles. The van der Waals surface area contributed by atoms with Gasteiger partial charge in [0, 0.05) is 12.2 Å². The minimum absolute atomic E-state index is 0.00856. The maximum atomic E-state index is 11.4. The molecule has 0 aliphatic rings. The molecule has 0 spiro atoms. The summed E-state index contributed by atoms with van der Waals surface area (Å²) in [6.07, 6.45) is 2.55. The van der Waals surface area contributed by atoms with E-state index in [1.54, 1.807) is 18.3 Å². The molecule has 1 heterocycles. The molecule has 0 fully saturated rings. The molecule has 1 aromatic heterocycles. The zero-order valence-corrected chi connectivity index (χ0v) is 11.0. The molecule has 88 valence electrons. The summed E-state index contributed by atoms with van der Waals surface area (Å²) in [6.45, 7) is 3.98. The van der Waals surface area contributed by atoms with Gasteiger partial charge in [0.15, 0.2) is 12.4 Å². The SMILES string of the molecule is CC[C@@H](C)NC(=O)COc1cccnc1Br. The minimum Gasteiger partial charge on any atom is -0.481 e. The van der Waals surface area contributed by atoms with Crippen molar-refractivity contribution in [2.45, 2.75) is 26.3 Å². The van der Waals surface area contributed by atoms with Crippen molar-refractivity contribution in [1.29, 1.82) is 0 Å². The monoisotopic (exact) mass is 286 g/mol. The highest BCUT2D eigenvalue weighted by molar-refractivity contribution is 9.10. The maximum Gasteiger partial charge on any atom is 0.258 e. The van der Waals surface area contributed by atoms with E-state index in [0.717, 1.165) is 6.42 Å². The molecule has 0 aliphatic heterocycles. The van der Waals surface area contributed by atoms with Crippen molar-refractivity contribution in [3.8, 4) is 5.75 Å². The first kappa shape index (κ1) is 13.0. The second-order valence-electron chi connectivity index (χ2n) is 3.46. The summed E-state index contributed by atoms with van der Waals surface area (Å²) in [5.74, 6) is 0.451. The lowest BCUT2D eigenvalue weighted by molar-refractivity contribution is -0.123. The minimum atomic E-state index is -0.120. The summed E-state index contributed by atoms with van der Waals surface area (Å²) in [5.41, 5.74) is 0. The summed E-state index contributed by atoms with van der Waals surface area (Å²) in [5, 5.41) is 2.82. The Morgan fingerprint density at radius 1 is 1.69 bits per heavy atom. The van der Waals surface area contributed by atoms with E-state index in [1.807, 2.05) is 13.8 Å². The lowest BCUT2D eigenvalue weighted by atomic mass is 10.2. The summed E-state index contributed by atoms with van der Waals surface area (Å²) < 4.78 is 5.93. The Balaban J connectivity index is 2.40. The topological polar surface area (TPSA) is 51.2 Å². The normalized spacial score (nSPS) is 11.9. The Kier molecular flexibility index (Phi) is 5.25. The Labute approximate surface area is 104 Å². The third-order valence-electron chi connectivity index (χ3n) is 2.10. The highest BCUT2D eigenvalue weighted by Gasteiger charge is 2.07. The molecule has 4 nitrogen and oxygen atoms in total. The van der Waals surface area contributed by atoms with Gasteiger partial charge in [-0.2, -0.15) is 0 Å². The Morgan fingerprint density at radius 2 is 2.44 bits per heavy atom. The number of rotatable bonds is 5. The van der Waals surface area contributed by atoms with Crippen molar-refractivity contribution < 1.29 is 9.53 Å². The molecule has 0 saturated carbocycles. The molecule has 16 heavy (non-hydrogen) atoms. The molecule has 1 amide bonds. The van der Waals surface area contributed by atoms with Gasteiger partial charge >= 0.3 is 0 Å². The van der Waals surface area contributed by atoms with E-state index in [-0.39, 0.29) is 18.6 Å². The average molecular weight is 287 g/mol. The van der Waals surface area contributed by atoms with E-state index in [0.29, 0.717) is 10.4 Å². The fraction of sp³-hybridized carbons (Fsp3) is 0.455. The van der Waals surface area contributed by atoms with Crippen LogP contribution in [0.15, 0.2) is 22.9 Å². The number of carbonyl (C=O) groups is 1. The van der Waals surface area contributed by atoms with Gasteiger partial charge in [-0.3, -0.25) is 4.79 Å². The van der Waals surface area contributed by atoms with Crippen molar-refractivity contribution in [2.24, 2.45) is 0 Å². The largest absolute Gasteiger partial charge is 0.481 e. The second-order valence-corrected chi connectivity index (χ2v) is 4.21. The summed E-state index contributed by atoms with van der Waals surface area (Å²) in [7, 11) is 0. The van der Waals surface area contributed by atoms with E-state index in [4.69, 9.17) is 4.74 Å². The predicted molar refractivity (Wildman–Crippen MR) is 65.3 cm³/mol. The molecule has 0 saturated heterocycles. The zero-order valence-electron chi connectivity index (χ0n) is 9.37. The molecule has 1 aromatic rings. The molecular formula is C11H15BrN2O2. The van der Waals surface area contributed by atoms with Gasteiger partial charge in [-0.05, 0) is 41.4 Å². The average Bonchev–Trinajstić information content (AvgIpc) is 2.28. The van der Waals surface area contributed by atoms with Crippen molar-refractivity contribution in [3.05, 3.63) is 22.9 Å². The van der Waals surface area contributed by atoms with Gasteiger partial charge in [0.05, 0.1) is 0 Å². The van der Waals surface area contributed by atoms with Crippen LogP contribution in [0.2, 0.25) is 0 Å². The van der Waals surface area contributed by atoms with Crippen molar-refractivity contribution in [2.75, 3.05) is 6.61 Å². The number of hydrogen-bond donors (Lipinski definition) is 1. The number of nitrogens with one attached hydrogen (secondary N) is 1. The quantitative estimate of drug-likeness (QED) is 0.844. The van der Waals surface area contributed by atoms with Gasteiger partial charge in [0.25, 0.3) is 5.91 Å². The van der Waals surface area contributed by atoms with Crippen molar-refractivity contribution in [3.63, 3.8) is 0 Å². The highest BCUT2D eigenvalue weighted by atomic mass is 79.9. The third-order valence-corrected chi connectivity index (χ3v) is 2.70. The van der Waals surface area contributed by atoms with Crippen LogP contribution in [0.4, 0.5) is 0 Å². The van der Waals surface area contributed by atoms with Gasteiger partial charge in [-0.15, -0.1) is 0 Å². The molecule has 5 heteroatoms. The number of hydrogen-bond acceptors (Lipinski definition) is 3. The zero-order chi connectivity index (χ0) is 12.0. The van der Waals surface area contributed by atoms with Crippen LogP contribution in [0.25, 0.3) is 0 Å². The molecule has 0 unspecified atom stereocenters. The lowest BCUT2D eigenvalue weighted by Crippen LogP contribution is -2.35. The number of aromatic nitrogens is 1.